The Bertz CT molecular complexity index is 606. The molecule has 112 valence electrons. The lowest BCUT2D eigenvalue weighted by molar-refractivity contribution is 0.414. The van der Waals surface area contributed by atoms with E-state index in [0.29, 0.717) is 5.92 Å². The van der Waals surface area contributed by atoms with Crippen LogP contribution in [-0.2, 0) is 6.42 Å². The number of hydrogen-bond acceptors (Lipinski definition) is 4. The second kappa shape index (κ2) is 6.57. The molecule has 1 aromatic heterocycles. The summed E-state index contributed by atoms with van der Waals surface area (Å²) in [5, 5.41) is 3.19. The molecule has 1 N–H and O–H groups in total. The summed E-state index contributed by atoms with van der Waals surface area (Å²) in [6.45, 7) is 6.38. The van der Waals surface area contributed by atoms with Crippen LogP contribution in [0.2, 0.25) is 0 Å². The maximum Gasteiger partial charge on any atom is 0.135 e. The number of nitrogens with zero attached hydrogens (tertiary/aromatic N) is 2. The van der Waals surface area contributed by atoms with Crippen LogP contribution in [0.3, 0.4) is 0 Å². The second-order valence-corrected chi connectivity index (χ2v) is 5.42. The van der Waals surface area contributed by atoms with Crippen molar-refractivity contribution in [1.29, 1.82) is 0 Å². The Kier molecular flexibility index (Phi) is 4.78. The molecule has 0 unspecified atom stereocenters. The summed E-state index contributed by atoms with van der Waals surface area (Å²) in [7, 11) is 3.58. The van der Waals surface area contributed by atoms with Crippen LogP contribution in [-0.4, -0.2) is 24.1 Å². The molecule has 1 aromatic carbocycles. The molecule has 0 bridgehead atoms. The normalized spacial score (nSPS) is 10.8. The van der Waals surface area contributed by atoms with E-state index in [9.17, 15) is 0 Å². The van der Waals surface area contributed by atoms with Crippen molar-refractivity contribution in [2.75, 3.05) is 19.5 Å². The van der Waals surface area contributed by atoms with Crippen LogP contribution in [0.15, 0.2) is 24.3 Å². The highest BCUT2D eigenvalue weighted by molar-refractivity contribution is 5.48. The van der Waals surface area contributed by atoms with Crippen molar-refractivity contribution in [3.8, 4) is 5.75 Å². The van der Waals surface area contributed by atoms with Crippen molar-refractivity contribution in [2.24, 2.45) is 0 Å². The Hall–Kier alpha value is -2.10. The molecule has 0 radical (unpaired) electrons. The number of aryl methyl sites for hydroxylation is 1. The van der Waals surface area contributed by atoms with E-state index in [1.165, 1.54) is 11.1 Å². The quantitative estimate of drug-likeness (QED) is 0.912. The third-order valence-corrected chi connectivity index (χ3v) is 3.52. The van der Waals surface area contributed by atoms with Gasteiger partial charge >= 0.3 is 0 Å². The number of aromatic nitrogens is 2. The fraction of sp³-hybridized carbons (Fsp3) is 0.412. The predicted molar refractivity (Wildman–Crippen MR) is 86.2 cm³/mol. The summed E-state index contributed by atoms with van der Waals surface area (Å²) in [6.07, 6.45) is 0.720. The first-order chi connectivity index (χ1) is 10.0. The monoisotopic (exact) mass is 285 g/mol. The Morgan fingerprint density at radius 2 is 1.81 bits per heavy atom. The predicted octanol–water partition coefficient (Wildman–Crippen LogP) is 3.55. The minimum Gasteiger partial charge on any atom is -0.497 e. The van der Waals surface area contributed by atoms with Gasteiger partial charge in [-0.3, -0.25) is 0 Å². The van der Waals surface area contributed by atoms with E-state index in [1.54, 1.807) is 7.11 Å². The van der Waals surface area contributed by atoms with Gasteiger partial charge in [0.1, 0.15) is 17.4 Å². The van der Waals surface area contributed by atoms with E-state index in [2.05, 4.69) is 36.1 Å². The summed E-state index contributed by atoms with van der Waals surface area (Å²) < 4.78 is 5.18. The molecule has 0 saturated heterocycles. The van der Waals surface area contributed by atoms with Gasteiger partial charge in [0.2, 0.25) is 0 Å². The fourth-order valence-electron chi connectivity index (χ4n) is 2.53. The van der Waals surface area contributed by atoms with Crippen LogP contribution in [0.4, 0.5) is 5.82 Å². The van der Waals surface area contributed by atoms with Crippen LogP contribution >= 0.6 is 0 Å². The van der Waals surface area contributed by atoms with Crippen molar-refractivity contribution in [3.63, 3.8) is 0 Å². The molecule has 0 amide bonds. The number of anilines is 1. The molecule has 2 aromatic rings. The van der Waals surface area contributed by atoms with Crippen molar-refractivity contribution in [1.82, 2.24) is 9.97 Å². The summed E-state index contributed by atoms with van der Waals surface area (Å²) in [5.74, 6) is 3.04. The summed E-state index contributed by atoms with van der Waals surface area (Å²) in [6, 6.07) is 8.02. The number of hydrogen-bond donors (Lipinski definition) is 1. The van der Waals surface area contributed by atoms with Crippen molar-refractivity contribution < 1.29 is 4.74 Å². The first kappa shape index (κ1) is 15.3. The number of methoxy groups -OCH3 is 1. The van der Waals surface area contributed by atoms with E-state index >= 15 is 0 Å². The SMILES string of the molecule is CNc1nc(Cc2ccc(OC)cc2)nc(C)c1C(C)C. The number of ether oxygens (including phenoxy) is 1. The van der Waals surface area contributed by atoms with Gasteiger partial charge < -0.3 is 10.1 Å². The van der Waals surface area contributed by atoms with E-state index in [4.69, 9.17) is 4.74 Å². The molecule has 2 rings (SSSR count). The van der Waals surface area contributed by atoms with Crippen LogP contribution in [0.1, 0.15) is 42.4 Å². The summed E-state index contributed by atoms with van der Waals surface area (Å²) in [4.78, 5) is 9.32. The summed E-state index contributed by atoms with van der Waals surface area (Å²) in [5.41, 5.74) is 3.42. The molecular formula is C17H23N3O. The van der Waals surface area contributed by atoms with Gasteiger partial charge in [0.15, 0.2) is 0 Å². The maximum atomic E-state index is 5.18. The van der Waals surface area contributed by atoms with Gasteiger partial charge in [-0.1, -0.05) is 26.0 Å². The number of benzene rings is 1. The molecule has 0 aliphatic carbocycles. The first-order valence-electron chi connectivity index (χ1n) is 7.23. The third-order valence-electron chi connectivity index (χ3n) is 3.52. The lowest BCUT2D eigenvalue weighted by atomic mass is 10.0. The van der Waals surface area contributed by atoms with Crippen LogP contribution in [0, 0.1) is 6.92 Å². The largest absolute Gasteiger partial charge is 0.497 e. The zero-order valence-corrected chi connectivity index (χ0v) is 13.4. The Morgan fingerprint density at radius 1 is 1.14 bits per heavy atom. The average Bonchev–Trinajstić information content (AvgIpc) is 2.46. The van der Waals surface area contributed by atoms with Crippen molar-refractivity contribution >= 4 is 5.82 Å². The molecule has 4 nitrogen and oxygen atoms in total. The van der Waals surface area contributed by atoms with Crippen molar-refractivity contribution in [2.45, 2.75) is 33.1 Å². The summed E-state index contributed by atoms with van der Waals surface area (Å²) >= 11 is 0. The van der Waals surface area contributed by atoms with Crippen LogP contribution in [0.5, 0.6) is 5.75 Å². The molecule has 0 aliphatic rings. The van der Waals surface area contributed by atoms with E-state index in [1.807, 2.05) is 31.3 Å². The molecule has 21 heavy (non-hydrogen) atoms. The van der Waals surface area contributed by atoms with E-state index in [-0.39, 0.29) is 0 Å². The Morgan fingerprint density at radius 3 is 2.33 bits per heavy atom. The molecule has 1 heterocycles. The van der Waals surface area contributed by atoms with Crippen LogP contribution in [0.25, 0.3) is 0 Å². The molecule has 0 spiro atoms. The smallest absolute Gasteiger partial charge is 0.135 e. The highest BCUT2D eigenvalue weighted by Crippen LogP contribution is 2.25. The van der Waals surface area contributed by atoms with Gasteiger partial charge in [-0.05, 0) is 30.5 Å². The molecule has 0 aliphatic heterocycles. The highest BCUT2D eigenvalue weighted by Gasteiger charge is 2.14. The zero-order chi connectivity index (χ0) is 15.4. The topological polar surface area (TPSA) is 47.0 Å². The lowest BCUT2D eigenvalue weighted by Gasteiger charge is -2.15. The Balaban J connectivity index is 2.29. The third kappa shape index (κ3) is 3.51. The molecule has 0 atom stereocenters. The number of nitrogens with one attached hydrogen (secondary N) is 1. The average molecular weight is 285 g/mol. The lowest BCUT2D eigenvalue weighted by Crippen LogP contribution is -2.09. The van der Waals surface area contributed by atoms with Gasteiger partial charge in [-0.15, -0.1) is 0 Å². The second-order valence-electron chi connectivity index (χ2n) is 5.42. The van der Waals surface area contributed by atoms with Gasteiger partial charge in [0.25, 0.3) is 0 Å². The minimum atomic E-state index is 0.405. The fourth-order valence-corrected chi connectivity index (χ4v) is 2.53. The van der Waals surface area contributed by atoms with E-state index < -0.39 is 0 Å². The maximum absolute atomic E-state index is 5.18. The zero-order valence-electron chi connectivity index (χ0n) is 13.4. The number of rotatable bonds is 5. The van der Waals surface area contributed by atoms with Gasteiger partial charge in [0, 0.05) is 24.7 Å². The van der Waals surface area contributed by atoms with Gasteiger partial charge in [0.05, 0.1) is 7.11 Å². The molecule has 4 heteroatoms. The molecule has 0 saturated carbocycles. The highest BCUT2D eigenvalue weighted by atomic mass is 16.5. The van der Waals surface area contributed by atoms with Gasteiger partial charge in [-0.2, -0.15) is 0 Å². The Labute approximate surface area is 126 Å². The molecule has 0 fully saturated rings. The standard InChI is InChI=1S/C17H23N3O/c1-11(2)16-12(3)19-15(20-17(16)18-4)10-13-6-8-14(21-5)9-7-13/h6-9,11H,10H2,1-5H3,(H,18,19,20). The first-order valence-corrected chi connectivity index (χ1v) is 7.23. The van der Waals surface area contributed by atoms with E-state index in [0.717, 1.165) is 29.5 Å². The minimum absolute atomic E-state index is 0.405. The van der Waals surface area contributed by atoms with Gasteiger partial charge in [-0.25, -0.2) is 9.97 Å². The van der Waals surface area contributed by atoms with Crippen LogP contribution < -0.4 is 10.1 Å². The molecular weight excluding hydrogens is 262 g/mol. The van der Waals surface area contributed by atoms with Crippen molar-refractivity contribution in [3.05, 3.63) is 46.9 Å².